The molecule has 1 fully saturated rings. The first kappa shape index (κ1) is 16.7. The molecule has 0 aliphatic carbocycles. The molecule has 132 valence electrons. The molecule has 1 aromatic carbocycles. The predicted molar refractivity (Wildman–Crippen MR) is 104 cm³/mol. The quantitative estimate of drug-likeness (QED) is 0.736. The molecule has 3 heterocycles. The lowest BCUT2D eigenvalue weighted by atomic mass is 9.88. The number of imidazole rings is 1. The van der Waals surface area contributed by atoms with Gasteiger partial charge < -0.3 is 15.2 Å². The van der Waals surface area contributed by atoms with Crippen LogP contribution < -0.4 is 5.32 Å². The highest BCUT2D eigenvalue weighted by Gasteiger charge is 2.21. The van der Waals surface area contributed by atoms with Crippen molar-refractivity contribution < 1.29 is 0 Å². The molecule has 0 radical (unpaired) electrons. The zero-order valence-electron chi connectivity index (χ0n) is 14.9. The van der Waals surface area contributed by atoms with E-state index < -0.39 is 0 Å². The van der Waals surface area contributed by atoms with Gasteiger partial charge in [0.15, 0.2) is 10.8 Å². The van der Waals surface area contributed by atoms with Crippen molar-refractivity contribution in [2.45, 2.75) is 25.7 Å². The lowest BCUT2D eigenvalue weighted by molar-refractivity contribution is 0.214. The van der Waals surface area contributed by atoms with Gasteiger partial charge >= 0.3 is 0 Å². The molecule has 0 saturated carbocycles. The average molecular weight is 356 g/mol. The van der Waals surface area contributed by atoms with Gasteiger partial charge in [-0.3, -0.25) is 0 Å². The monoisotopic (exact) mass is 355 g/mol. The molecule has 6 heteroatoms. The molecule has 0 amide bonds. The highest BCUT2D eigenvalue weighted by molar-refractivity contribution is 7.13. The third kappa shape index (κ3) is 3.47. The topological polar surface area (TPSA) is 56.8 Å². The van der Waals surface area contributed by atoms with Crippen molar-refractivity contribution in [1.29, 1.82) is 0 Å². The van der Waals surface area contributed by atoms with Gasteiger partial charge in [0.2, 0.25) is 0 Å². The van der Waals surface area contributed by atoms with Crippen LogP contribution in [0.1, 0.15) is 29.9 Å². The second kappa shape index (κ2) is 7.23. The van der Waals surface area contributed by atoms with Crippen molar-refractivity contribution in [2.24, 2.45) is 0 Å². The largest absolute Gasteiger partial charge is 0.336 e. The summed E-state index contributed by atoms with van der Waals surface area (Å²) in [6, 6.07) is 4.64. The Bertz CT molecular complexity index is 831. The Hall–Kier alpha value is -1.76. The fraction of sp³-hybridized carbons (Fsp3) is 0.474. The number of piperidine rings is 1. The summed E-state index contributed by atoms with van der Waals surface area (Å²) in [5, 5.41) is 6.18. The van der Waals surface area contributed by atoms with Gasteiger partial charge in [0.1, 0.15) is 0 Å². The van der Waals surface area contributed by atoms with Crippen LogP contribution in [0.2, 0.25) is 0 Å². The molecule has 4 rings (SSSR count). The number of thiazole rings is 1. The molecule has 5 nitrogen and oxygen atoms in total. The molecule has 1 saturated heterocycles. The SMILES string of the molecule is CNCCN1CCC(c2cc(C)c3nc(-c4nccs4)[nH]c3c2)CC1. The fourth-order valence-corrected chi connectivity index (χ4v) is 4.34. The van der Waals surface area contributed by atoms with Crippen LogP contribution >= 0.6 is 11.3 Å². The standard InChI is InChI=1S/C19H25N5S/c1-13-11-15(14-3-7-24(8-4-14)9-5-20-2)12-16-17(13)23-18(22-16)19-21-6-10-25-19/h6,10-12,14,20H,3-5,7-9H2,1-2H3,(H,22,23). The van der Waals surface area contributed by atoms with E-state index in [-0.39, 0.29) is 0 Å². The van der Waals surface area contributed by atoms with E-state index in [0.717, 1.165) is 35.0 Å². The second-order valence-corrected chi connectivity index (χ2v) is 7.77. The summed E-state index contributed by atoms with van der Waals surface area (Å²) < 4.78 is 0. The molecule has 1 aliphatic heterocycles. The zero-order chi connectivity index (χ0) is 17.2. The summed E-state index contributed by atoms with van der Waals surface area (Å²) in [6.07, 6.45) is 4.30. The van der Waals surface area contributed by atoms with Crippen LogP contribution in [0.5, 0.6) is 0 Å². The van der Waals surface area contributed by atoms with Crippen molar-refractivity contribution in [2.75, 3.05) is 33.2 Å². The van der Waals surface area contributed by atoms with Crippen molar-refractivity contribution >= 4 is 22.4 Å². The highest BCUT2D eigenvalue weighted by atomic mass is 32.1. The Morgan fingerprint density at radius 1 is 1.32 bits per heavy atom. The van der Waals surface area contributed by atoms with E-state index in [2.05, 4.69) is 39.2 Å². The molecule has 1 aliphatic rings. The van der Waals surface area contributed by atoms with E-state index in [1.807, 2.05) is 18.6 Å². The molecule has 2 aromatic heterocycles. The number of aromatic amines is 1. The van der Waals surface area contributed by atoms with Gasteiger partial charge in [0.25, 0.3) is 0 Å². The average Bonchev–Trinajstić information content (AvgIpc) is 3.29. The van der Waals surface area contributed by atoms with Gasteiger partial charge in [-0.25, -0.2) is 9.97 Å². The fourth-order valence-electron chi connectivity index (χ4n) is 3.76. The summed E-state index contributed by atoms with van der Waals surface area (Å²) in [4.78, 5) is 15.2. The third-order valence-electron chi connectivity index (χ3n) is 5.17. The number of rotatable bonds is 5. The maximum atomic E-state index is 4.76. The lowest BCUT2D eigenvalue weighted by Gasteiger charge is -2.32. The number of hydrogen-bond donors (Lipinski definition) is 2. The number of nitrogens with one attached hydrogen (secondary N) is 2. The van der Waals surface area contributed by atoms with E-state index in [1.54, 1.807) is 11.3 Å². The molecule has 0 bridgehead atoms. The smallest absolute Gasteiger partial charge is 0.167 e. The minimum Gasteiger partial charge on any atom is -0.336 e. The molecule has 0 atom stereocenters. The summed E-state index contributed by atoms with van der Waals surface area (Å²) in [5.41, 5.74) is 4.91. The Morgan fingerprint density at radius 2 is 2.16 bits per heavy atom. The van der Waals surface area contributed by atoms with E-state index >= 15 is 0 Å². The first-order valence-corrected chi connectivity index (χ1v) is 9.89. The van der Waals surface area contributed by atoms with E-state index in [1.165, 1.54) is 37.1 Å². The number of H-pyrrole nitrogens is 1. The molecule has 3 aromatic rings. The third-order valence-corrected chi connectivity index (χ3v) is 5.95. The summed E-state index contributed by atoms with van der Waals surface area (Å²) in [5.74, 6) is 1.53. The van der Waals surface area contributed by atoms with Crippen molar-refractivity contribution in [1.82, 2.24) is 25.2 Å². The van der Waals surface area contributed by atoms with Crippen LogP contribution in [0.4, 0.5) is 0 Å². The van der Waals surface area contributed by atoms with Crippen LogP contribution in [-0.2, 0) is 0 Å². The minimum absolute atomic E-state index is 0.653. The predicted octanol–water partition coefficient (Wildman–Crippen LogP) is 3.39. The Kier molecular flexibility index (Phi) is 4.83. The van der Waals surface area contributed by atoms with E-state index in [0.29, 0.717) is 5.92 Å². The molecule has 25 heavy (non-hydrogen) atoms. The number of nitrogens with zero attached hydrogens (tertiary/aromatic N) is 3. The van der Waals surface area contributed by atoms with Crippen LogP contribution in [0.3, 0.4) is 0 Å². The van der Waals surface area contributed by atoms with Gasteiger partial charge in [-0.15, -0.1) is 11.3 Å². The Morgan fingerprint density at radius 3 is 2.88 bits per heavy atom. The molecular weight excluding hydrogens is 330 g/mol. The van der Waals surface area contributed by atoms with Crippen molar-refractivity contribution in [3.8, 4) is 10.8 Å². The number of hydrogen-bond acceptors (Lipinski definition) is 5. The van der Waals surface area contributed by atoms with E-state index in [9.17, 15) is 0 Å². The number of likely N-dealkylation sites (tertiary alicyclic amines) is 1. The first-order valence-electron chi connectivity index (χ1n) is 9.01. The first-order chi connectivity index (χ1) is 12.2. The number of likely N-dealkylation sites (N-methyl/N-ethyl adjacent to an activating group) is 1. The van der Waals surface area contributed by atoms with Gasteiger partial charge in [-0.1, -0.05) is 6.07 Å². The van der Waals surface area contributed by atoms with Gasteiger partial charge in [0, 0.05) is 24.7 Å². The van der Waals surface area contributed by atoms with Crippen LogP contribution in [0.25, 0.3) is 21.9 Å². The number of aryl methyl sites for hydroxylation is 1. The normalized spacial score (nSPS) is 16.7. The van der Waals surface area contributed by atoms with E-state index in [4.69, 9.17) is 4.98 Å². The van der Waals surface area contributed by atoms with Crippen LogP contribution in [0.15, 0.2) is 23.7 Å². The van der Waals surface area contributed by atoms with Crippen molar-refractivity contribution in [3.05, 3.63) is 34.8 Å². The summed E-state index contributed by atoms with van der Waals surface area (Å²) in [7, 11) is 2.02. The number of fused-ring (bicyclic) bond motifs is 1. The Balaban J connectivity index is 1.55. The van der Waals surface area contributed by atoms with Gasteiger partial charge in [0.05, 0.1) is 11.0 Å². The van der Waals surface area contributed by atoms with Crippen LogP contribution in [-0.4, -0.2) is 53.1 Å². The molecule has 0 unspecified atom stereocenters. The van der Waals surface area contributed by atoms with Gasteiger partial charge in [-0.05, 0) is 63.0 Å². The number of benzene rings is 1. The van der Waals surface area contributed by atoms with Crippen molar-refractivity contribution in [3.63, 3.8) is 0 Å². The number of aromatic nitrogens is 3. The maximum Gasteiger partial charge on any atom is 0.167 e. The van der Waals surface area contributed by atoms with Gasteiger partial charge in [-0.2, -0.15) is 0 Å². The second-order valence-electron chi connectivity index (χ2n) is 6.88. The molecular formula is C19H25N5S. The van der Waals surface area contributed by atoms with Crippen LogP contribution in [0, 0.1) is 6.92 Å². The lowest BCUT2D eigenvalue weighted by Crippen LogP contribution is -2.37. The maximum absolute atomic E-state index is 4.76. The summed E-state index contributed by atoms with van der Waals surface area (Å²) in [6.45, 7) is 6.77. The Labute approximate surface area is 152 Å². The summed E-state index contributed by atoms with van der Waals surface area (Å²) >= 11 is 1.62. The zero-order valence-corrected chi connectivity index (χ0v) is 15.7. The molecule has 0 spiro atoms. The molecule has 2 N–H and O–H groups in total. The highest BCUT2D eigenvalue weighted by Crippen LogP contribution is 2.32. The minimum atomic E-state index is 0.653.